The van der Waals surface area contributed by atoms with E-state index in [0.717, 1.165) is 11.3 Å². The number of nitrogens with one attached hydrogen (secondary N) is 1. The molecule has 1 aromatic heterocycles. The van der Waals surface area contributed by atoms with Crippen molar-refractivity contribution in [3.8, 4) is 0 Å². The first-order valence-electron chi connectivity index (χ1n) is 5.27. The van der Waals surface area contributed by atoms with E-state index in [2.05, 4.69) is 10.4 Å². The molecule has 0 saturated carbocycles. The zero-order valence-corrected chi connectivity index (χ0v) is 12.2. The van der Waals surface area contributed by atoms with Crippen molar-refractivity contribution in [2.45, 2.75) is 32.9 Å². The highest BCUT2D eigenvalue weighted by atomic mass is 35.5. The number of anilines is 1. The van der Waals surface area contributed by atoms with E-state index < -0.39 is 6.09 Å². The maximum absolute atomic E-state index is 11.7. The van der Waals surface area contributed by atoms with Crippen molar-refractivity contribution < 1.29 is 9.53 Å². The number of rotatable bonds is 1. The molecule has 0 aliphatic carbocycles. The molecule has 0 fully saturated rings. The van der Waals surface area contributed by atoms with E-state index in [-0.39, 0.29) is 30.4 Å². The average Bonchev–Trinajstić information content (AvgIpc) is 2.68. The summed E-state index contributed by atoms with van der Waals surface area (Å²) in [4.78, 5) is 11.7. The molecule has 104 valence electrons. The fourth-order valence-corrected chi connectivity index (χ4v) is 1.99. The number of nitrogens with zero attached hydrogens (tertiary/aromatic N) is 2. The van der Waals surface area contributed by atoms with Crippen LogP contribution in [-0.4, -0.2) is 22.5 Å². The summed E-state index contributed by atoms with van der Waals surface area (Å²) in [6.07, 6.45) is -0.479. The van der Waals surface area contributed by atoms with Crippen LogP contribution in [0.5, 0.6) is 0 Å². The number of fused-ring (bicyclic) bond motifs is 1. The number of hydrogen-bond donors (Lipinski definition) is 2. The molecule has 1 aliphatic heterocycles. The standard InChI is InChI=1S/C10H16N4O2.2ClH/c1-4-16-9(15)14-7-6(8(11)13-14)5-12-10(7,2)3;;/h12H,4-5H2,1-3H3,(H2,11,13);2*1H. The third-order valence-corrected chi connectivity index (χ3v) is 2.75. The number of ether oxygens (including phenoxy) is 1. The molecule has 0 unspecified atom stereocenters. The summed E-state index contributed by atoms with van der Waals surface area (Å²) in [5.41, 5.74) is 7.14. The van der Waals surface area contributed by atoms with Gasteiger partial charge in [0.2, 0.25) is 0 Å². The minimum Gasteiger partial charge on any atom is -0.448 e. The molecule has 3 N–H and O–H groups in total. The maximum atomic E-state index is 11.7. The van der Waals surface area contributed by atoms with Crippen LogP contribution < -0.4 is 11.1 Å². The summed E-state index contributed by atoms with van der Waals surface area (Å²) >= 11 is 0. The van der Waals surface area contributed by atoms with E-state index in [0.29, 0.717) is 19.0 Å². The van der Waals surface area contributed by atoms with Crippen LogP contribution in [-0.2, 0) is 16.8 Å². The second-order valence-corrected chi connectivity index (χ2v) is 4.30. The highest BCUT2D eigenvalue weighted by Gasteiger charge is 2.37. The smallest absolute Gasteiger partial charge is 0.435 e. The molecule has 0 saturated heterocycles. The van der Waals surface area contributed by atoms with E-state index in [1.165, 1.54) is 4.68 Å². The molecule has 0 bridgehead atoms. The zero-order valence-electron chi connectivity index (χ0n) is 10.5. The van der Waals surface area contributed by atoms with Crippen LogP contribution in [0.1, 0.15) is 32.0 Å². The monoisotopic (exact) mass is 296 g/mol. The van der Waals surface area contributed by atoms with Gasteiger partial charge >= 0.3 is 6.09 Å². The van der Waals surface area contributed by atoms with Crippen molar-refractivity contribution >= 4 is 36.7 Å². The molecule has 0 aromatic carbocycles. The summed E-state index contributed by atoms with van der Waals surface area (Å²) in [5.74, 6) is 0.390. The van der Waals surface area contributed by atoms with Crippen molar-refractivity contribution in [3.05, 3.63) is 11.3 Å². The molecule has 0 amide bonds. The van der Waals surface area contributed by atoms with Crippen molar-refractivity contribution in [1.82, 2.24) is 15.1 Å². The number of hydrogen-bond acceptors (Lipinski definition) is 5. The Kier molecular flexibility index (Phi) is 5.46. The Bertz CT molecular complexity index is 445. The number of nitrogens with two attached hydrogens (primary N) is 1. The zero-order chi connectivity index (χ0) is 11.9. The van der Waals surface area contributed by atoms with Gasteiger partial charge in [-0.1, -0.05) is 0 Å². The predicted octanol–water partition coefficient (Wildman–Crippen LogP) is 1.65. The van der Waals surface area contributed by atoms with Crippen LogP contribution in [0.15, 0.2) is 0 Å². The normalized spacial score (nSPS) is 15.3. The van der Waals surface area contributed by atoms with Gasteiger partial charge in [0.25, 0.3) is 0 Å². The molecule has 0 spiro atoms. The van der Waals surface area contributed by atoms with Gasteiger partial charge in [-0.3, -0.25) is 0 Å². The molecular formula is C10H18Cl2N4O2. The number of carbonyl (C=O) groups excluding carboxylic acids is 1. The molecule has 1 aliphatic rings. The summed E-state index contributed by atoms with van der Waals surface area (Å²) in [6.45, 7) is 6.68. The molecular weight excluding hydrogens is 279 g/mol. The molecule has 2 rings (SSSR count). The second-order valence-electron chi connectivity index (χ2n) is 4.30. The summed E-state index contributed by atoms with van der Waals surface area (Å²) in [6, 6.07) is 0. The van der Waals surface area contributed by atoms with Crippen LogP contribution >= 0.6 is 24.8 Å². The minimum absolute atomic E-state index is 0. The van der Waals surface area contributed by atoms with Gasteiger partial charge in [-0.25, -0.2) is 4.79 Å². The van der Waals surface area contributed by atoms with Gasteiger partial charge in [0, 0.05) is 12.1 Å². The van der Waals surface area contributed by atoms with Gasteiger partial charge < -0.3 is 15.8 Å². The lowest BCUT2D eigenvalue weighted by molar-refractivity contribution is 0.148. The van der Waals surface area contributed by atoms with E-state index in [9.17, 15) is 4.79 Å². The van der Waals surface area contributed by atoms with Gasteiger partial charge in [0.15, 0.2) is 5.82 Å². The minimum atomic E-state index is -0.479. The Morgan fingerprint density at radius 2 is 2.17 bits per heavy atom. The van der Waals surface area contributed by atoms with Crippen molar-refractivity contribution in [2.24, 2.45) is 0 Å². The lowest BCUT2D eigenvalue weighted by Crippen LogP contribution is -2.34. The Morgan fingerprint density at radius 1 is 1.56 bits per heavy atom. The van der Waals surface area contributed by atoms with Crippen LogP contribution in [0.4, 0.5) is 10.6 Å². The lowest BCUT2D eigenvalue weighted by Gasteiger charge is -2.20. The third-order valence-electron chi connectivity index (χ3n) is 2.75. The Balaban J connectivity index is 0.00000144. The van der Waals surface area contributed by atoms with Crippen LogP contribution in [0, 0.1) is 0 Å². The largest absolute Gasteiger partial charge is 0.448 e. The number of halogens is 2. The molecule has 8 heteroatoms. The van der Waals surface area contributed by atoms with Crippen molar-refractivity contribution in [1.29, 1.82) is 0 Å². The third kappa shape index (κ3) is 2.55. The molecule has 1 aromatic rings. The summed E-state index contributed by atoms with van der Waals surface area (Å²) in [7, 11) is 0. The van der Waals surface area contributed by atoms with E-state index in [4.69, 9.17) is 10.5 Å². The lowest BCUT2D eigenvalue weighted by atomic mass is 10.0. The first-order chi connectivity index (χ1) is 7.47. The number of carbonyl (C=O) groups is 1. The SMILES string of the molecule is CCOC(=O)n1nc(N)c2c1C(C)(C)NC2.Cl.Cl. The van der Waals surface area contributed by atoms with Gasteiger partial charge in [0.05, 0.1) is 17.8 Å². The highest BCUT2D eigenvalue weighted by Crippen LogP contribution is 2.33. The number of nitrogen functional groups attached to an aromatic ring is 1. The van der Waals surface area contributed by atoms with Gasteiger partial charge in [0.1, 0.15) is 0 Å². The molecule has 0 atom stereocenters. The highest BCUT2D eigenvalue weighted by molar-refractivity contribution is 5.85. The Morgan fingerprint density at radius 3 is 2.72 bits per heavy atom. The summed E-state index contributed by atoms with van der Waals surface area (Å²) in [5, 5.41) is 7.30. The molecule has 0 radical (unpaired) electrons. The van der Waals surface area contributed by atoms with Crippen LogP contribution in [0.3, 0.4) is 0 Å². The van der Waals surface area contributed by atoms with E-state index in [1.807, 2.05) is 13.8 Å². The van der Waals surface area contributed by atoms with Crippen molar-refractivity contribution in [2.75, 3.05) is 12.3 Å². The van der Waals surface area contributed by atoms with Crippen LogP contribution in [0.2, 0.25) is 0 Å². The molecule has 6 nitrogen and oxygen atoms in total. The van der Waals surface area contributed by atoms with Crippen LogP contribution in [0.25, 0.3) is 0 Å². The first kappa shape index (κ1) is 17.0. The molecule has 2 heterocycles. The predicted molar refractivity (Wildman–Crippen MR) is 73.4 cm³/mol. The maximum Gasteiger partial charge on any atom is 0.435 e. The number of aromatic nitrogens is 2. The quantitative estimate of drug-likeness (QED) is 0.823. The molecule has 18 heavy (non-hydrogen) atoms. The Labute approximate surface area is 118 Å². The second kappa shape index (κ2) is 5.77. The average molecular weight is 297 g/mol. The van der Waals surface area contributed by atoms with Gasteiger partial charge in [-0.15, -0.1) is 29.9 Å². The van der Waals surface area contributed by atoms with Gasteiger partial charge in [-0.2, -0.15) is 4.68 Å². The van der Waals surface area contributed by atoms with E-state index >= 15 is 0 Å². The van der Waals surface area contributed by atoms with Gasteiger partial charge in [-0.05, 0) is 20.8 Å². The Hall–Kier alpha value is -0.980. The fraction of sp³-hybridized carbons (Fsp3) is 0.600. The summed E-state index contributed by atoms with van der Waals surface area (Å²) < 4.78 is 6.20. The first-order valence-corrected chi connectivity index (χ1v) is 5.27. The fourth-order valence-electron chi connectivity index (χ4n) is 1.99. The topological polar surface area (TPSA) is 82.2 Å². The van der Waals surface area contributed by atoms with E-state index in [1.54, 1.807) is 6.92 Å². The van der Waals surface area contributed by atoms with Crippen molar-refractivity contribution in [3.63, 3.8) is 0 Å².